The topological polar surface area (TPSA) is 86.8 Å². The normalized spacial score (nSPS) is 11.3. The zero-order valence-electron chi connectivity index (χ0n) is 20.0. The molecular weight excluding hydrogens is 551 g/mol. The van der Waals surface area contributed by atoms with Crippen molar-refractivity contribution in [2.24, 2.45) is 0 Å². The second-order valence-electron chi connectivity index (χ2n) is 7.87. The minimum atomic E-state index is -4.84. The van der Waals surface area contributed by atoms with Gasteiger partial charge in [0, 0.05) is 35.5 Å². The lowest BCUT2D eigenvalue weighted by Gasteiger charge is -2.13. The highest BCUT2D eigenvalue weighted by molar-refractivity contribution is 6.46. The number of fused-ring (bicyclic) bond motifs is 1. The predicted octanol–water partition coefficient (Wildman–Crippen LogP) is 6.82. The third-order valence-electron chi connectivity index (χ3n) is 5.41. The van der Waals surface area contributed by atoms with Crippen LogP contribution >= 0.6 is 11.6 Å². The van der Waals surface area contributed by atoms with E-state index in [0.717, 1.165) is 12.1 Å². The van der Waals surface area contributed by atoms with Crippen molar-refractivity contribution < 1.29 is 45.8 Å². The number of ether oxygens (including phenoxy) is 3. The molecule has 1 aromatic heterocycles. The van der Waals surface area contributed by atoms with Gasteiger partial charge < -0.3 is 19.5 Å². The fraction of sp³-hybridized carbons (Fsp3) is 0.115. The van der Waals surface area contributed by atoms with E-state index in [0.29, 0.717) is 40.6 Å². The number of hydrogen-bond acceptors (Lipinski definition) is 6. The zero-order valence-corrected chi connectivity index (χ0v) is 20.7. The van der Waals surface area contributed by atoms with E-state index in [1.54, 1.807) is 12.1 Å². The molecule has 1 heterocycles. The number of hydrogen-bond donors (Lipinski definition) is 1. The molecule has 0 saturated heterocycles. The summed E-state index contributed by atoms with van der Waals surface area (Å²) >= 11 is 5.53. The average Bonchev–Trinajstić information content (AvgIpc) is 2.88. The van der Waals surface area contributed by atoms with E-state index in [2.05, 4.69) is 4.98 Å². The highest BCUT2D eigenvalue weighted by Gasteiger charge is 2.34. The van der Waals surface area contributed by atoms with E-state index in [9.17, 15) is 31.5 Å². The van der Waals surface area contributed by atoms with E-state index in [-0.39, 0.29) is 11.5 Å². The Morgan fingerprint density at radius 2 is 1.54 bits per heavy atom. The number of alkyl halides is 3. The molecule has 202 valence electrons. The summed E-state index contributed by atoms with van der Waals surface area (Å²) in [4.78, 5) is 29.0. The van der Waals surface area contributed by atoms with Crippen LogP contribution < -0.4 is 19.5 Å². The molecule has 7 nitrogen and oxygen atoms in total. The summed E-state index contributed by atoms with van der Waals surface area (Å²) in [6, 6.07) is 8.25. The Kier molecular flexibility index (Phi) is 7.59. The third kappa shape index (κ3) is 5.70. The van der Waals surface area contributed by atoms with Crippen LogP contribution in [0, 0.1) is 11.6 Å². The Balaban J connectivity index is 1.60. The summed E-state index contributed by atoms with van der Waals surface area (Å²) in [5.74, 6) is -5.58. The van der Waals surface area contributed by atoms with Crippen molar-refractivity contribution in [1.82, 2.24) is 4.98 Å². The highest BCUT2D eigenvalue weighted by Crippen LogP contribution is 2.38. The van der Waals surface area contributed by atoms with Crippen molar-refractivity contribution in [3.63, 3.8) is 0 Å². The maximum absolute atomic E-state index is 14.8. The summed E-state index contributed by atoms with van der Waals surface area (Å²) in [5, 5.41) is 1.66. The molecule has 4 aromatic rings. The van der Waals surface area contributed by atoms with Crippen LogP contribution in [0.15, 0.2) is 54.7 Å². The molecule has 0 atom stereocenters. The van der Waals surface area contributed by atoms with Gasteiger partial charge in [-0.2, -0.15) is 13.2 Å². The number of halogens is 6. The number of nitrogens with zero attached hydrogens (tertiary/aromatic N) is 1. The zero-order chi connectivity index (χ0) is 28.5. The molecule has 0 saturated carbocycles. The van der Waals surface area contributed by atoms with Gasteiger partial charge in [-0.1, -0.05) is 11.6 Å². The first kappa shape index (κ1) is 27.6. The maximum atomic E-state index is 14.8. The molecule has 1 N–H and O–H groups in total. The first-order valence-electron chi connectivity index (χ1n) is 10.8. The van der Waals surface area contributed by atoms with Gasteiger partial charge in [0.2, 0.25) is 0 Å². The Morgan fingerprint density at radius 3 is 2.15 bits per heavy atom. The molecule has 0 spiro atoms. The number of carbonyl (C=O) groups excluding carboxylic acids is 2. The molecule has 0 fully saturated rings. The number of pyridine rings is 1. The number of anilines is 1. The summed E-state index contributed by atoms with van der Waals surface area (Å²) in [6.45, 7) is 0. The van der Waals surface area contributed by atoms with Crippen molar-refractivity contribution >= 4 is 39.9 Å². The van der Waals surface area contributed by atoms with Crippen LogP contribution in [0.1, 0.15) is 15.9 Å². The highest BCUT2D eigenvalue weighted by atomic mass is 35.5. The fourth-order valence-corrected chi connectivity index (χ4v) is 3.84. The number of aromatic nitrogens is 1. The standard InChI is InChI=1S/C26H16ClF5N2O5/c1-37-21-10-14-19(11-22(21)38-2)33-6-5-20(14)39-13-8-17(28)23(18(29)9-13)24(35)25(36)34-12-3-4-16(27)15(7-12)26(30,31)32/h3-11H,1-2H3,(H,34,36). The smallest absolute Gasteiger partial charge is 0.417 e. The monoisotopic (exact) mass is 566 g/mol. The van der Waals surface area contributed by atoms with Gasteiger partial charge in [0.05, 0.1) is 35.9 Å². The van der Waals surface area contributed by atoms with Crippen LogP contribution in [0.3, 0.4) is 0 Å². The number of nitrogens with one attached hydrogen (secondary N) is 1. The van der Waals surface area contributed by atoms with Crippen LogP contribution in [0.25, 0.3) is 10.9 Å². The SMILES string of the molecule is COc1cc2nccc(Oc3cc(F)c(C(=O)C(=O)Nc4ccc(Cl)c(C(F)(F)F)c4)c(F)c3)c2cc1OC. The van der Waals surface area contributed by atoms with Crippen LogP contribution in [0.2, 0.25) is 5.02 Å². The number of Topliss-reactive ketones (excluding diaryl/α,β-unsaturated/α-hetero) is 1. The Morgan fingerprint density at radius 1 is 0.897 bits per heavy atom. The maximum Gasteiger partial charge on any atom is 0.417 e. The van der Waals surface area contributed by atoms with Gasteiger partial charge in [0.1, 0.15) is 23.1 Å². The van der Waals surface area contributed by atoms with Gasteiger partial charge in [0.15, 0.2) is 11.5 Å². The summed E-state index contributed by atoms with van der Waals surface area (Å²) in [7, 11) is 2.85. The first-order chi connectivity index (χ1) is 18.4. The van der Waals surface area contributed by atoms with Gasteiger partial charge in [0.25, 0.3) is 11.7 Å². The fourth-order valence-electron chi connectivity index (χ4n) is 3.61. The average molecular weight is 567 g/mol. The number of benzene rings is 3. The number of ketones is 1. The molecule has 0 radical (unpaired) electrons. The van der Waals surface area contributed by atoms with Crippen LogP contribution in [0.5, 0.6) is 23.0 Å². The molecule has 39 heavy (non-hydrogen) atoms. The lowest BCUT2D eigenvalue weighted by molar-refractivity contribution is -0.137. The first-order valence-corrected chi connectivity index (χ1v) is 11.2. The van der Waals surface area contributed by atoms with Gasteiger partial charge in [-0.05, 0) is 30.3 Å². The van der Waals surface area contributed by atoms with E-state index in [1.165, 1.54) is 26.5 Å². The van der Waals surface area contributed by atoms with Crippen molar-refractivity contribution in [2.75, 3.05) is 19.5 Å². The van der Waals surface area contributed by atoms with Gasteiger partial charge in [-0.3, -0.25) is 14.6 Å². The second kappa shape index (κ2) is 10.7. The Bertz CT molecular complexity index is 1590. The molecule has 0 aliphatic rings. The van der Waals surface area contributed by atoms with Crippen molar-refractivity contribution in [2.45, 2.75) is 6.18 Å². The predicted molar refractivity (Wildman–Crippen MR) is 131 cm³/mol. The summed E-state index contributed by atoms with van der Waals surface area (Å²) in [5.41, 5.74) is -2.53. The van der Waals surface area contributed by atoms with Gasteiger partial charge in [-0.25, -0.2) is 8.78 Å². The van der Waals surface area contributed by atoms with E-state index >= 15 is 0 Å². The lowest BCUT2D eigenvalue weighted by Crippen LogP contribution is -2.25. The molecule has 13 heteroatoms. The number of rotatable bonds is 7. The van der Waals surface area contributed by atoms with Crippen molar-refractivity contribution in [3.8, 4) is 23.0 Å². The molecule has 0 aliphatic carbocycles. The molecular formula is C26H16ClF5N2O5. The minimum absolute atomic E-state index is 0.139. The van der Waals surface area contributed by atoms with Crippen LogP contribution in [-0.4, -0.2) is 30.9 Å². The molecule has 0 aliphatic heterocycles. The summed E-state index contributed by atoms with van der Waals surface area (Å²) in [6.07, 6.45) is -3.45. The van der Waals surface area contributed by atoms with Crippen molar-refractivity contribution in [3.05, 3.63) is 82.5 Å². The molecule has 4 rings (SSSR count). The molecule has 0 unspecified atom stereocenters. The summed E-state index contributed by atoms with van der Waals surface area (Å²) < 4.78 is 84.9. The minimum Gasteiger partial charge on any atom is -0.493 e. The Labute approximate surface area is 222 Å². The van der Waals surface area contributed by atoms with Crippen LogP contribution in [-0.2, 0) is 11.0 Å². The van der Waals surface area contributed by atoms with Gasteiger partial charge in [-0.15, -0.1) is 0 Å². The van der Waals surface area contributed by atoms with E-state index in [4.69, 9.17) is 25.8 Å². The molecule has 3 aromatic carbocycles. The van der Waals surface area contributed by atoms with E-state index in [1.807, 2.05) is 5.32 Å². The number of carbonyl (C=O) groups is 2. The Hall–Kier alpha value is -4.45. The number of methoxy groups -OCH3 is 2. The lowest BCUT2D eigenvalue weighted by atomic mass is 10.1. The van der Waals surface area contributed by atoms with Crippen LogP contribution in [0.4, 0.5) is 27.6 Å². The van der Waals surface area contributed by atoms with Gasteiger partial charge >= 0.3 is 6.18 Å². The third-order valence-corrected chi connectivity index (χ3v) is 5.74. The molecule has 1 amide bonds. The van der Waals surface area contributed by atoms with Crippen molar-refractivity contribution in [1.29, 1.82) is 0 Å². The second-order valence-corrected chi connectivity index (χ2v) is 8.28. The molecule has 0 bridgehead atoms. The largest absolute Gasteiger partial charge is 0.493 e. The number of amides is 1. The quantitative estimate of drug-likeness (QED) is 0.150. The van der Waals surface area contributed by atoms with E-state index < -0.39 is 51.3 Å².